The van der Waals surface area contributed by atoms with E-state index in [2.05, 4.69) is 20.3 Å². The standard InChI is InChI=1S/C11H14ClN5O3/c1-13-11-16-8-9(12)14-4-15-10(8)17(11)7-2-5(19)6(3-18)20-7/h4-7,18-19H,2-3H2,1H3,(H,13,16)/t5-,6+,7-/m1/s1. The first-order chi connectivity index (χ1) is 9.65. The first-order valence-electron chi connectivity index (χ1n) is 6.16. The fraction of sp³-hybridized carbons (Fsp3) is 0.545. The van der Waals surface area contributed by atoms with Gasteiger partial charge in [-0.25, -0.2) is 15.0 Å². The lowest BCUT2D eigenvalue weighted by Crippen LogP contribution is -2.24. The number of hydrogen-bond donors (Lipinski definition) is 3. The minimum absolute atomic E-state index is 0.241. The molecule has 3 rings (SSSR count). The van der Waals surface area contributed by atoms with Crippen LogP contribution in [0.2, 0.25) is 5.15 Å². The third kappa shape index (κ3) is 2.01. The molecule has 0 radical (unpaired) electrons. The fourth-order valence-corrected chi connectivity index (χ4v) is 2.54. The quantitative estimate of drug-likeness (QED) is 0.693. The maximum absolute atomic E-state index is 9.85. The van der Waals surface area contributed by atoms with Crippen LogP contribution in [0.1, 0.15) is 12.6 Å². The smallest absolute Gasteiger partial charge is 0.207 e. The molecular formula is C11H14ClN5O3. The molecule has 20 heavy (non-hydrogen) atoms. The molecule has 108 valence electrons. The number of imidazole rings is 1. The van der Waals surface area contributed by atoms with Crippen LogP contribution >= 0.6 is 11.6 Å². The number of ether oxygens (including phenoxy) is 1. The molecule has 0 aliphatic carbocycles. The highest BCUT2D eigenvalue weighted by Crippen LogP contribution is 2.34. The summed E-state index contributed by atoms with van der Waals surface area (Å²) in [6.45, 7) is -0.241. The van der Waals surface area contributed by atoms with E-state index in [-0.39, 0.29) is 11.8 Å². The van der Waals surface area contributed by atoms with Gasteiger partial charge in [-0.15, -0.1) is 0 Å². The van der Waals surface area contributed by atoms with Crippen LogP contribution in [-0.4, -0.2) is 55.6 Å². The fourth-order valence-electron chi connectivity index (χ4n) is 2.37. The zero-order valence-corrected chi connectivity index (χ0v) is 11.4. The zero-order valence-electron chi connectivity index (χ0n) is 10.7. The van der Waals surface area contributed by atoms with Gasteiger partial charge in [-0.05, 0) is 0 Å². The lowest BCUT2D eigenvalue weighted by molar-refractivity contribution is -0.0425. The summed E-state index contributed by atoms with van der Waals surface area (Å²) in [6, 6.07) is 0. The first kappa shape index (κ1) is 13.5. The molecule has 0 amide bonds. The summed E-state index contributed by atoms with van der Waals surface area (Å²) in [5.41, 5.74) is 0.981. The van der Waals surface area contributed by atoms with Crippen LogP contribution in [0.3, 0.4) is 0 Å². The van der Waals surface area contributed by atoms with Crippen LogP contribution < -0.4 is 5.32 Å². The van der Waals surface area contributed by atoms with Crippen LogP contribution in [0.4, 0.5) is 5.95 Å². The number of rotatable bonds is 3. The number of fused-ring (bicyclic) bond motifs is 1. The summed E-state index contributed by atoms with van der Waals surface area (Å²) in [6.07, 6.45) is -0.131. The van der Waals surface area contributed by atoms with Crippen molar-refractivity contribution in [3.8, 4) is 0 Å². The Morgan fingerprint density at radius 2 is 2.35 bits per heavy atom. The Morgan fingerprint density at radius 3 is 3.00 bits per heavy atom. The molecule has 9 heteroatoms. The third-order valence-corrected chi connectivity index (χ3v) is 3.60. The molecule has 8 nitrogen and oxygen atoms in total. The highest BCUT2D eigenvalue weighted by molar-refractivity contribution is 6.33. The van der Waals surface area contributed by atoms with Gasteiger partial charge in [0.2, 0.25) is 5.95 Å². The van der Waals surface area contributed by atoms with E-state index in [0.29, 0.717) is 23.5 Å². The number of aliphatic hydroxyl groups excluding tert-OH is 2. The van der Waals surface area contributed by atoms with Crippen molar-refractivity contribution in [3.05, 3.63) is 11.5 Å². The molecule has 0 saturated carbocycles. The minimum Gasteiger partial charge on any atom is -0.394 e. The van der Waals surface area contributed by atoms with Gasteiger partial charge in [0, 0.05) is 13.5 Å². The Morgan fingerprint density at radius 1 is 1.55 bits per heavy atom. The maximum Gasteiger partial charge on any atom is 0.207 e. The monoisotopic (exact) mass is 299 g/mol. The summed E-state index contributed by atoms with van der Waals surface area (Å²) >= 11 is 6.01. The predicted octanol–water partition coefficient (Wildman–Crippen LogP) is 0.162. The average Bonchev–Trinajstić information content (AvgIpc) is 2.99. The third-order valence-electron chi connectivity index (χ3n) is 3.33. The molecule has 1 saturated heterocycles. The van der Waals surface area contributed by atoms with Crippen LogP contribution in [-0.2, 0) is 4.74 Å². The molecule has 0 unspecified atom stereocenters. The van der Waals surface area contributed by atoms with Gasteiger partial charge >= 0.3 is 0 Å². The van der Waals surface area contributed by atoms with Crippen LogP contribution in [0.5, 0.6) is 0 Å². The molecule has 1 aliphatic rings. The molecule has 3 N–H and O–H groups in total. The van der Waals surface area contributed by atoms with Crippen molar-refractivity contribution >= 4 is 28.7 Å². The highest BCUT2D eigenvalue weighted by atomic mass is 35.5. The van der Waals surface area contributed by atoms with Crippen molar-refractivity contribution < 1.29 is 14.9 Å². The summed E-state index contributed by atoms with van der Waals surface area (Å²) in [5.74, 6) is 0.512. The van der Waals surface area contributed by atoms with Crippen molar-refractivity contribution in [2.75, 3.05) is 19.0 Å². The predicted molar refractivity (Wildman–Crippen MR) is 71.5 cm³/mol. The van der Waals surface area contributed by atoms with Crippen LogP contribution in [0, 0.1) is 0 Å². The summed E-state index contributed by atoms with van der Waals surface area (Å²) in [5, 5.41) is 22.2. The number of hydrogen-bond acceptors (Lipinski definition) is 7. The van der Waals surface area contributed by atoms with Crippen molar-refractivity contribution in [2.24, 2.45) is 0 Å². The van der Waals surface area contributed by atoms with Gasteiger partial charge in [0.05, 0.1) is 12.7 Å². The summed E-state index contributed by atoms with van der Waals surface area (Å²) < 4.78 is 7.35. The Bertz CT molecular complexity index is 634. The molecular weight excluding hydrogens is 286 g/mol. The summed E-state index contributed by atoms with van der Waals surface area (Å²) in [7, 11) is 1.72. The van der Waals surface area contributed by atoms with E-state index in [0.717, 1.165) is 0 Å². The SMILES string of the molecule is CNc1nc2c(Cl)ncnc2n1[C@H]1C[C@@H](O)[C@H](CO)O1. The van der Waals surface area contributed by atoms with Gasteiger partial charge in [-0.1, -0.05) is 11.6 Å². The molecule has 2 aromatic heterocycles. The van der Waals surface area contributed by atoms with Gasteiger partial charge in [-0.3, -0.25) is 4.57 Å². The molecule has 1 aliphatic heterocycles. The Kier molecular flexibility index (Phi) is 3.47. The number of halogens is 1. The maximum atomic E-state index is 9.85. The number of nitrogens with zero attached hydrogens (tertiary/aromatic N) is 4. The lowest BCUT2D eigenvalue weighted by Gasteiger charge is -2.16. The molecule has 0 aromatic carbocycles. The molecule has 3 atom stereocenters. The van der Waals surface area contributed by atoms with Crippen molar-refractivity contribution in [3.63, 3.8) is 0 Å². The Hall–Kier alpha value is -1.48. The number of anilines is 1. The van der Waals surface area contributed by atoms with E-state index in [9.17, 15) is 5.11 Å². The van der Waals surface area contributed by atoms with Gasteiger partial charge in [0.1, 0.15) is 24.2 Å². The molecule has 0 spiro atoms. The van der Waals surface area contributed by atoms with Gasteiger partial charge < -0.3 is 20.3 Å². The lowest BCUT2D eigenvalue weighted by atomic mass is 10.2. The highest BCUT2D eigenvalue weighted by Gasteiger charge is 2.36. The van der Waals surface area contributed by atoms with E-state index in [1.165, 1.54) is 6.33 Å². The Labute approximate surface area is 119 Å². The largest absolute Gasteiger partial charge is 0.394 e. The Balaban J connectivity index is 2.09. The van der Waals surface area contributed by atoms with Gasteiger partial charge in [0.15, 0.2) is 10.8 Å². The minimum atomic E-state index is -0.732. The summed E-state index contributed by atoms with van der Waals surface area (Å²) in [4.78, 5) is 12.4. The van der Waals surface area contributed by atoms with E-state index in [4.69, 9.17) is 21.4 Å². The van der Waals surface area contributed by atoms with Crippen LogP contribution in [0.25, 0.3) is 11.2 Å². The van der Waals surface area contributed by atoms with Crippen molar-refractivity contribution in [1.29, 1.82) is 0 Å². The number of nitrogens with one attached hydrogen (secondary N) is 1. The second kappa shape index (κ2) is 5.13. The number of aliphatic hydroxyl groups is 2. The van der Waals surface area contributed by atoms with Crippen LogP contribution in [0.15, 0.2) is 6.33 Å². The van der Waals surface area contributed by atoms with E-state index >= 15 is 0 Å². The zero-order chi connectivity index (χ0) is 14.3. The van der Waals surface area contributed by atoms with E-state index < -0.39 is 18.4 Å². The molecule has 0 bridgehead atoms. The molecule has 2 aromatic rings. The van der Waals surface area contributed by atoms with E-state index in [1.54, 1.807) is 11.6 Å². The first-order valence-corrected chi connectivity index (χ1v) is 6.54. The topological polar surface area (TPSA) is 105 Å². The molecule has 3 heterocycles. The average molecular weight is 300 g/mol. The van der Waals surface area contributed by atoms with Gasteiger partial charge in [0.25, 0.3) is 0 Å². The van der Waals surface area contributed by atoms with Crippen molar-refractivity contribution in [1.82, 2.24) is 19.5 Å². The second-order valence-corrected chi connectivity index (χ2v) is 4.86. The van der Waals surface area contributed by atoms with Gasteiger partial charge in [-0.2, -0.15) is 0 Å². The van der Waals surface area contributed by atoms with E-state index in [1.807, 2.05) is 0 Å². The number of aromatic nitrogens is 4. The normalized spacial score (nSPS) is 26.3. The molecule has 1 fully saturated rings. The second-order valence-electron chi connectivity index (χ2n) is 4.51. The van der Waals surface area contributed by atoms with Crippen molar-refractivity contribution in [2.45, 2.75) is 24.9 Å².